The third-order valence-corrected chi connectivity index (χ3v) is 6.77. The van der Waals surface area contributed by atoms with E-state index in [9.17, 15) is 9.18 Å². The fourth-order valence-electron chi connectivity index (χ4n) is 4.67. The summed E-state index contributed by atoms with van der Waals surface area (Å²) in [6.45, 7) is 3.91. The maximum Gasteiger partial charge on any atom is 0.242 e. The van der Waals surface area contributed by atoms with Gasteiger partial charge in [0.25, 0.3) is 0 Å². The molecule has 1 unspecified atom stereocenters. The predicted octanol–water partition coefficient (Wildman–Crippen LogP) is 6.49. The molecule has 5 rings (SSSR count). The van der Waals surface area contributed by atoms with E-state index in [2.05, 4.69) is 32.4 Å². The number of amides is 1. The fraction of sp³-hybridized carbons (Fsp3) is 0.172. The zero-order chi connectivity index (χ0) is 25.9. The van der Waals surface area contributed by atoms with E-state index in [0.29, 0.717) is 6.42 Å². The molecule has 0 bridgehead atoms. The number of allylic oxidation sites excluding steroid dienone is 4. The van der Waals surface area contributed by atoms with Crippen molar-refractivity contribution in [2.75, 3.05) is 10.7 Å². The molecule has 0 fully saturated rings. The molecular weight excluding hydrogens is 485 g/mol. The highest BCUT2D eigenvalue weighted by Crippen LogP contribution is 2.30. The van der Waals surface area contributed by atoms with Crippen molar-refractivity contribution >= 4 is 58.6 Å². The molecule has 4 aromatic rings. The van der Waals surface area contributed by atoms with Crippen LogP contribution in [0.15, 0.2) is 89.1 Å². The van der Waals surface area contributed by atoms with E-state index < -0.39 is 0 Å². The standard InChI is InChI=1S/C29H26FN5OS/c1-19-4-3-5-20(2)29(19)35(27(36)16-37)18-33-32-15-21-6-12-25-22(14-21)7-13-26-28(25)31-17-34(26)24-10-8-23(30)9-11-24/h3-10,12-15,17-18,24,37H,11,16H2,1-2H3/b32-15+,33-18+. The van der Waals surface area contributed by atoms with Crippen LogP contribution in [0.1, 0.15) is 29.2 Å². The Morgan fingerprint density at radius 1 is 1.19 bits per heavy atom. The summed E-state index contributed by atoms with van der Waals surface area (Å²) in [6, 6.07) is 16.0. The first-order chi connectivity index (χ1) is 18.0. The number of carbonyl (C=O) groups is 1. The van der Waals surface area contributed by atoms with E-state index in [1.165, 1.54) is 17.3 Å². The molecule has 8 heteroatoms. The minimum atomic E-state index is -0.198. The van der Waals surface area contributed by atoms with Gasteiger partial charge in [0.15, 0.2) is 0 Å². The first-order valence-corrected chi connectivity index (χ1v) is 12.6. The van der Waals surface area contributed by atoms with Crippen LogP contribution in [0, 0.1) is 13.8 Å². The lowest BCUT2D eigenvalue weighted by Gasteiger charge is -2.20. The summed E-state index contributed by atoms with van der Waals surface area (Å²) in [5.41, 5.74) is 5.51. The quantitative estimate of drug-likeness (QED) is 0.139. The number of hydrogen-bond acceptors (Lipinski definition) is 5. The van der Waals surface area contributed by atoms with Gasteiger partial charge in [-0.15, -0.1) is 5.10 Å². The lowest BCUT2D eigenvalue weighted by Crippen LogP contribution is -2.31. The third kappa shape index (κ3) is 4.97. The average Bonchev–Trinajstić information content (AvgIpc) is 3.34. The molecule has 0 spiro atoms. The molecule has 1 heterocycles. The van der Waals surface area contributed by atoms with E-state index in [1.807, 2.05) is 74.8 Å². The number of imidazole rings is 1. The smallest absolute Gasteiger partial charge is 0.242 e. The fourth-order valence-corrected chi connectivity index (χ4v) is 4.82. The Kier molecular flexibility index (Phi) is 7.01. The van der Waals surface area contributed by atoms with Crippen molar-refractivity contribution in [2.45, 2.75) is 26.3 Å². The summed E-state index contributed by atoms with van der Waals surface area (Å²) in [4.78, 5) is 18.7. The van der Waals surface area contributed by atoms with Crippen molar-refractivity contribution in [1.29, 1.82) is 0 Å². The Balaban J connectivity index is 1.39. The molecule has 0 N–H and O–H groups in total. The maximum atomic E-state index is 13.4. The largest absolute Gasteiger partial charge is 0.323 e. The minimum Gasteiger partial charge on any atom is -0.323 e. The Morgan fingerprint density at radius 2 is 2.00 bits per heavy atom. The topological polar surface area (TPSA) is 62.9 Å². The van der Waals surface area contributed by atoms with Crippen molar-refractivity contribution in [3.05, 3.63) is 95.6 Å². The van der Waals surface area contributed by atoms with Gasteiger partial charge < -0.3 is 4.57 Å². The second-order valence-corrected chi connectivity index (χ2v) is 9.27. The number of hydrogen-bond donors (Lipinski definition) is 1. The van der Waals surface area contributed by atoms with Crippen LogP contribution < -0.4 is 4.90 Å². The molecule has 1 aliphatic rings. The van der Waals surface area contributed by atoms with Crippen molar-refractivity contribution < 1.29 is 9.18 Å². The van der Waals surface area contributed by atoms with Gasteiger partial charge in [-0.25, -0.2) is 9.37 Å². The molecule has 37 heavy (non-hydrogen) atoms. The monoisotopic (exact) mass is 511 g/mol. The summed E-state index contributed by atoms with van der Waals surface area (Å²) in [7, 11) is 0. The number of nitrogens with zero attached hydrogens (tertiary/aromatic N) is 5. The zero-order valence-electron chi connectivity index (χ0n) is 20.5. The second-order valence-electron chi connectivity index (χ2n) is 8.95. The first kappa shape index (κ1) is 24.6. The Hall–Kier alpha value is -4.04. The Morgan fingerprint density at radius 3 is 2.73 bits per heavy atom. The Bertz CT molecular complexity index is 1600. The van der Waals surface area contributed by atoms with Crippen LogP contribution in [0.3, 0.4) is 0 Å². The van der Waals surface area contributed by atoms with Crippen molar-refractivity contribution in [3.8, 4) is 0 Å². The number of aromatic nitrogens is 2. The SMILES string of the molecule is Cc1cccc(C)c1N(/C=N/N=C/c1ccc2c(ccc3c2ncn3C2C=CC(F)=CC2)c1)C(=O)CS. The molecule has 0 radical (unpaired) electrons. The van der Waals surface area contributed by atoms with Gasteiger partial charge in [0.1, 0.15) is 12.2 Å². The highest BCUT2D eigenvalue weighted by Gasteiger charge is 2.17. The molecule has 1 amide bonds. The van der Waals surface area contributed by atoms with Crippen LogP contribution in [-0.4, -0.2) is 33.8 Å². The van der Waals surface area contributed by atoms with Crippen LogP contribution in [0.5, 0.6) is 0 Å². The van der Waals surface area contributed by atoms with E-state index in [0.717, 1.165) is 44.2 Å². The predicted molar refractivity (Wildman–Crippen MR) is 153 cm³/mol. The molecule has 3 aromatic carbocycles. The van der Waals surface area contributed by atoms with E-state index in [1.54, 1.807) is 12.3 Å². The van der Waals surface area contributed by atoms with Gasteiger partial charge in [-0.3, -0.25) is 9.69 Å². The maximum absolute atomic E-state index is 13.4. The minimum absolute atomic E-state index is 0.0451. The van der Waals surface area contributed by atoms with Crippen molar-refractivity contribution in [2.24, 2.45) is 10.2 Å². The molecule has 1 aromatic heterocycles. The molecule has 1 atom stereocenters. The molecule has 1 aliphatic carbocycles. The van der Waals surface area contributed by atoms with Gasteiger partial charge in [-0.05, 0) is 66.6 Å². The number of halogens is 1. The zero-order valence-corrected chi connectivity index (χ0v) is 21.4. The van der Waals surface area contributed by atoms with E-state index in [4.69, 9.17) is 0 Å². The average molecular weight is 512 g/mol. The number of carbonyl (C=O) groups excluding carboxylic acids is 1. The van der Waals surface area contributed by atoms with Crippen molar-refractivity contribution in [1.82, 2.24) is 9.55 Å². The summed E-state index contributed by atoms with van der Waals surface area (Å²) in [6.07, 6.45) is 10.5. The normalized spacial score (nSPS) is 15.8. The molecular formula is C29H26FN5OS. The highest BCUT2D eigenvalue weighted by molar-refractivity contribution is 7.81. The van der Waals surface area contributed by atoms with Gasteiger partial charge in [-0.2, -0.15) is 17.7 Å². The highest BCUT2D eigenvalue weighted by atomic mass is 32.1. The Labute approximate surface area is 219 Å². The molecule has 186 valence electrons. The first-order valence-electron chi connectivity index (χ1n) is 11.9. The lowest BCUT2D eigenvalue weighted by molar-refractivity contribution is -0.115. The number of rotatable bonds is 6. The van der Waals surface area contributed by atoms with Gasteiger partial charge in [0.2, 0.25) is 5.91 Å². The van der Waals surface area contributed by atoms with Crippen molar-refractivity contribution in [3.63, 3.8) is 0 Å². The summed E-state index contributed by atoms with van der Waals surface area (Å²) in [5.74, 6) is -0.321. The van der Waals surface area contributed by atoms with E-state index >= 15 is 0 Å². The second kappa shape index (κ2) is 10.5. The molecule has 0 saturated carbocycles. The van der Waals surface area contributed by atoms with Gasteiger partial charge in [0.05, 0.1) is 41.1 Å². The van der Waals surface area contributed by atoms with Crippen LogP contribution in [0.2, 0.25) is 0 Å². The molecule has 0 aliphatic heterocycles. The number of para-hydroxylation sites is 1. The molecule has 0 saturated heterocycles. The number of thiol groups is 1. The van der Waals surface area contributed by atoms with E-state index in [-0.39, 0.29) is 23.5 Å². The number of benzene rings is 3. The lowest BCUT2D eigenvalue weighted by atomic mass is 10.0. The van der Waals surface area contributed by atoms with Crippen LogP contribution in [0.4, 0.5) is 10.1 Å². The number of aryl methyl sites for hydroxylation is 2. The summed E-state index contributed by atoms with van der Waals surface area (Å²) < 4.78 is 15.5. The van der Waals surface area contributed by atoms with Crippen LogP contribution >= 0.6 is 12.6 Å². The van der Waals surface area contributed by atoms with Crippen LogP contribution in [0.25, 0.3) is 21.8 Å². The van der Waals surface area contributed by atoms with Gasteiger partial charge >= 0.3 is 0 Å². The van der Waals surface area contributed by atoms with Gasteiger partial charge in [-0.1, -0.05) is 42.5 Å². The number of anilines is 1. The number of fused-ring (bicyclic) bond motifs is 3. The summed E-state index contributed by atoms with van der Waals surface area (Å²) >= 11 is 4.15. The third-order valence-electron chi connectivity index (χ3n) is 6.50. The molecule has 6 nitrogen and oxygen atoms in total. The van der Waals surface area contributed by atoms with Crippen LogP contribution in [-0.2, 0) is 4.79 Å². The van der Waals surface area contributed by atoms with Gasteiger partial charge in [0, 0.05) is 5.39 Å². The summed E-state index contributed by atoms with van der Waals surface area (Å²) in [5, 5.41) is 10.4.